The van der Waals surface area contributed by atoms with Crippen molar-refractivity contribution >= 4 is 0 Å². The molecule has 4 rings (SSSR count). The molecule has 1 aromatic carbocycles. The van der Waals surface area contributed by atoms with Crippen molar-refractivity contribution in [3.05, 3.63) is 36.2 Å². The number of methoxy groups -OCH3 is 1. The summed E-state index contributed by atoms with van der Waals surface area (Å²) in [5, 5.41) is 3.67. The monoisotopic (exact) mass is 342 g/mol. The van der Waals surface area contributed by atoms with Gasteiger partial charge in [0.2, 0.25) is 5.89 Å². The Morgan fingerprint density at radius 2 is 2.08 bits per heavy atom. The highest BCUT2D eigenvalue weighted by atomic mass is 16.5. The number of aromatic nitrogens is 1. The molecule has 2 heterocycles. The summed E-state index contributed by atoms with van der Waals surface area (Å²) in [5.74, 6) is 1.37. The fraction of sp³-hybridized carbons (Fsp3) is 0.550. The smallest absolute Gasteiger partial charge is 0.229 e. The Morgan fingerprint density at radius 1 is 1.24 bits per heavy atom. The van der Waals surface area contributed by atoms with E-state index in [4.69, 9.17) is 13.9 Å². The summed E-state index contributed by atoms with van der Waals surface area (Å²) in [6.45, 7) is 1.57. The molecule has 2 fully saturated rings. The van der Waals surface area contributed by atoms with E-state index in [9.17, 15) is 0 Å². The molecule has 1 aromatic heterocycles. The minimum absolute atomic E-state index is 0.0491. The maximum atomic E-state index is 6.16. The van der Waals surface area contributed by atoms with E-state index in [0.29, 0.717) is 18.5 Å². The Kier molecular flexibility index (Phi) is 4.77. The molecule has 134 valence electrons. The van der Waals surface area contributed by atoms with Crippen LogP contribution in [0.2, 0.25) is 0 Å². The number of nitrogens with zero attached hydrogens (tertiary/aromatic N) is 1. The SMILES string of the molecule is COc1ccccc1-c1nc(CNC2CCOC23CCCCC3)co1. The first-order chi connectivity index (χ1) is 12.3. The third kappa shape index (κ3) is 3.31. The van der Waals surface area contributed by atoms with Crippen molar-refractivity contribution in [2.24, 2.45) is 0 Å². The van der Waals surface area contributed by atoms with Crippen LogP contribution < -0.4 is 10.1 Å². The van der Waals surface area contributed by atoms with Gasteiger partial charge in [-0.05, 0) is 31.4 Å². The van der Waals surface area contributed by atoms with Crippen LogP contribution in [0, 0.1) is 0 Å². The number of rotatable bonds is 5. The molecule has 2 aliphatic rings. The molecular weight excluding hydrogens is 316 g/mol. The summed E-state index contributed by atoms with van der Waals surface area (Å²) < 4.78 is 17.2. The average Bonchev–Trinajstić information content (AvgIpc) is 3.28. The van der Waals surface area contributed by atoms with E-state index in [0.717, 1.165) is 30.0 Å². The van der Waals surface area contributed by atoms with Gasteiger partial charge in [0.15, 0.2) is 0 Å². The van der Waals surface area contributed by atoms with Crippen LogP contribution in [0.5, 0.6) is 5.75 Å². The van der Waals surface area contributed by atoms with Gasteiger partial charge in [0, 0.05) is 19.2 Å². The molecule has 1 spiro atoms. The number of ether oxygens (including phenoxy) is 2. The highest BCUT2D eigenvalue weighted by molar-refractivity contribution is 5.62. The third-order valence-corrected chi connectivity index (χ3v) is 5.55. The molecule has 0 amide bonds. The largest absolute Gasteiger partial charge is 0.496 e. The first-order valence-electron chi connectivity index (χ1n) is 9.26. The summed E-state index contributed by atoms with van der Waals surface area (Å²) in [5.41, 5.74) is 1.84. The lowest BCUT2D eigenvalue weighted by Gasteiger charge is -2.38. The Balaban J connectivity index is 1.43. The van der Waals surface area contributed by atoms with Crippen LogP contribution in [-0.4, -0.2) is 30.3 Å². The predicted octanol–water partition coefficient (Wildman–Crippen LogP) is 3.93. The lowest BCUT2D eigenvalue weighted by atomic mass is 9.79. The fourth-order valence-electron chi connectivity index (χ4n) is 4.24. The summed E-state index contributed by atoms with van der Waals surface area (Å²) in [6, 6.07) is 8.20. The van der Waals surface area contributed by atoms with Crippen LogP contribution in [0.15, 0.2) is 34.9 Å². The van der Waals surface area contributed by atoms with Gasteiger partial charge < -0.3 is 19.2 Å². The first-order valence-corrected chi connectivity index (χ1v) is 9.26. The highest BCUT2D eigenvalue weighted by Gasteiger charge is 2.44. The van der Waals surface area contributed by atoms with Crippen LogP contribution in [0.3, 0.4) is 0 Å². The Hall–Kier alpha value is -1.85. The normalized spacial score (nSPS) is 22.4. The zero-order valence-corrected chi connectivity index (χ0v) is 14.8. The van der Waals surface area contributed by atoms with Gasteiger partial charge in [-0.2, -0.15) is 0 Å². The molecule has 1 aliphatic heterocycles. The van der Waals surface area contributed by atoms with Gasteiger partial charge in [0.05, 0.1) is 24.0 Å². The molecule has 1 N–H and O–H groups in total. The first kappa shape index (κ1) is 16.6. The summed E-state index contributed by atoms with van der Waals surface area (Å²) in [4.78, 5) is 4.63. The van der Waals surface area contributed by atoms with E-state index in [1.165, 1.54) is 32.1 Å². The van der Waals surface area contributed by atoms with Crippen molar-refractivity contribution in [2.45, 2.75) is 56.7 Å². The molecule has 1 saturated heterocycles. The Morgan fingerprint density at radius 3 is 2.92 bits per heavy atom. The predicted molar refractivity (Wildman–Crippen MR) is 95.5 cm³/mol. The van der Waals surface area contributed by atoms with Gasteiger partial charge in [-0.15, -0.1) is 0 Å². The van der Waals surface area contributed by atoms with Gasteiger partial charge in [-0.1, -0.05) is 31.4 Å². The standard InChI is InChI=1S/C20H26N2O3/c1-23-17-8-4-3-7-16(17)19-22-15(14-24-19)13-21-18-9-12-25-20(18)10-5-2-6-11-20/h3-4,7-8,14,18,21H,2,5-6,9-13H2,1H3. The van der Waals surface area contributed by atoms with Crippen molar-refractivity contribution in [3.63, 3.8) is 0 Å². The molecule has 25 heavy (non-hydrogen) atoms. The lowest BCUT2D eigenvalue weighted by molar-refractivity contribution is -0.0389. The molecule has 1 atom stereocenters. The summed E-state index contributed by atoms with van der Waals surface area (Å²) >= 11 is 0. The minimum Gasteiger partial charge on any atom is -0.496 e. The van der Waals surface area contributed by atoms with Gasteiger partial charge in [0.25, 0.3) is 0 Å². The summed E-state index contributed by atoms with van der Waals surface area (Å²) in [7, 11) is 1.66. The van der Waals surface area contributed by atoms with Crippen molar-refractivity contribution in [3.8, 4) is 17.2 Å². The number of hydrogen-bond acceptors (Lipinski definition) is 5. The van der Waals surface area contributed by atoms with Crippen LogP contribution >= 0.6 is 0 Å². The molecule has 1 unspecified atom stereocenters. The zero-order chi connectivity index (χ0) is 17.1. The number of nitrogens with one attached hydrogen (secondary N) is 1. The average molecular weight is 342 g/mol. The molecule has 2 aromatic rings. The van der Waals surface area contributed by atoms with Gasteiger partial charge in [-0.25, -0.2) is 4.98 Å². The maximum absolute atomic E-state index is 6.16. The Bertz CT molecular complexity index is 706. The van der Waals surface area contributed by atoms with Crippen molar-refractivity contribution in [1.82, 2.24) is 10.3 Å². The van der Waals surface area contributed by atoms with E-state index in [1.54, 1.807) is 13.4 Å². The molecular formula is C20H26N2O3. The highest BCUT2D eigenvalue weighted by Crippen LogP contribution is 2.39. The third-order valence-electron chi connectivity index (χ3n) is 5.55. The molecule has 5 nitrogen and oxygen atoms in total. The molecule has 1 aliphatic carbocycles. The lowest BCUT2D eigenvalue weighted by Crippen LogP contribution is -2.48. The quantitative estimate of drug-likeness (QED) is 0.892. The van der Waals surface area contributed by atoms with Gasteiger partial charge >= 0.3 is 0 Å². The second-order valence-electron chi connectivity index (χ2n) is 7.04. The van der Waals surface area contributed by atoms with Crippen LogP contribution in [0.4, 0.5) is 0 Å². The van der Waals surface area contributed by atoms with Crippen LogP contribution in [-0.2, 0) is 11.3 Å². The molecule has 5 heteroatoms. The van der Waals surface area contributed by atoms with Crippen molar-refractivity contribution < 1.29 is 13.9 Å². The summed E-state index contributed by atoms with van der Waals surface area (Å²) in [6.07, 6.45) is 9.06. The van der Waals surface area contributed by atoms with E-state index >= 15 is 0 Å². The van der Waals surface area contributed by atoms with Crippen molar-refractivity contribution in [1.29, 1.82) is 0 Å². The Labute approximate surface area is 148 Å². The molecule has 1 saturated carbocycles. The van der Waals surface area contributed by atoms with E-state index in [-0.39, 0.29) is 5.60 Å². The molecule has 0 radical (unpaired) electrons. The van der Waals surface area contributed by atoms with Crippen LogP contribution in [0.1, 0.15) is 44.2 Å². The maximum Gasteiger partial charge on any atom is 0.229 e. The van der Waals surface area contributed by atoms with Gasteiger partial charge in [-0.3, -0.25) is 0 Å². The number of hydrogen-bond donors (Lipinski definition) is 1. The van der Waals surface area contributed by atoms with E-state index in [1.807, 2.05) is 24.3 Å². The van der Waals surface area contributed by atoms with Crippen LogP contribution in [0.25, 0.3) is 11.5 Å². The second-order valence-corrected chi connectivity index (χ2v) is 7.04. The van der Waals surface area contributed by atoms with E-state index in [2.05, 4.69) is 10.3 Å². The second kappa shape index (κ2) is 7.18. The van der Waals surface area contributed by atoms with Crippen molar-refractivity contribution in [2.75, 3.05) is 13.7 Å². The number of para-hydroxylation sites is 1. The fourth-order valence-corrected chi connectivity index (χ4v) is 4.24. The van der Waals surface area contributed by atoms with E-state index < -0.39 is 0 Å². The number of oxazole rings is 1. The minimum atomic E-state index is 0.0491. The van der Waals surface area contributed by atoms with Gasteiger partial charge in [0.1, 0.15) is 12.0 Å². The topological polar surface area (TPSA) is 56.5 Å². The molecule has 0 bridgehead atoms. The zero-order valence-electron chi connectivity index (χ0n) is 14.8. The number of benzene rings is 1.